The van der Waals surface area contributed by atoms with Crippen molar-refractivity contribution in [3.05, 3.63) is 63.2 Å². The third-order valence-electron chi connectivity index (χ3n) is 2.86. The number of rotatable bonds is 5. The van der Waals surface area contributed by atoms with Crippen LogP contribution in [0.2, 0.25) is 5.02 Å². The van der Waals surface area contributed by atoms with Gasteiger partial charge in [0.2, 0.25) is 0 Å². The average Bonchev–Trinajstić information content (AvgIpc) is 2.46. The molecule has 1 aromatic carbocycles. The number of nitrogens with zero attached hydrogens (tertiary/aromatic N) is 3. The fraction of sp³-hybridized carbons (Fsp3) is 0.154. The lowest BCUT2D eigenvalue weighted by Crippen LogP contribution is -2.17. The molecule has 1 atom stereocenters. The van der Waals surface area contributed by atoms with Gasteiger partial charge in [0.05, 0.1) is 4.92 Å². The summed E-state index contributed by atoms with van der Waals surface area (Å²) in [6.45, 7) is 0. The van der Waals surface area contributed by atoms with Gasteiger partial charge in [0.25, 0.3) is 0 Å². The molecule has 1 heterocycles. The molecule has 0 fully saturated rings. The van der Waals surface area contributed by atoms with Gasteiger partial charge in [0.1, 0.15) is 24.1 Å². The van der Waals surface area contributed by atoms with E-state index in [1.54, 1.807) is 24.3 Å². The summed E-state index contributed by atoms with van der Waals surface area (Å²) in [6.07, 6.45) is 2.09. The molecule has 0 amide bonds. The molecule has 2 rings (SSSR count). The molecule has 1 unspecified atom stereocenters. The lowest BCUT2D eigenvalue weighted by atomic mass is 9.98. The summed E-state index contributed by atoms with van der Waals surface area (Å²) >= 11 is 6.00. The molecule has 7 nitrogen and oxygen atoms in total. The third kappa shape index (κ3) is 3.51. The van der Waals surface area contributed by atoms with Crippen LogP contribution in [0.15, 0.2) is 36.7 Å². The van der Waals surface area contributed by atoms with Gasteiger partial charge < -0.3 is 5.11 Å². The summed E-state index contributed by atoms with van der Waals surface area (Å²) in [5.74, 6) is -2.14. The van der Waals surface area contributed by atoms with Crippen molar-refractivity contribution < 1.29 is 14.8 Å². The highest BCUT2D eigenvalue weighted by Crippen LogP contribution is 2.24. The lowest BCUT2D eigenvalue weighted by Gasteiger charge is -2.11. The summed E-state index contributed by atoms with van der Waals surface area (Å²) in [5, 5.41) is 20.3. The molecular formula is C13H10ClN3O4. The van der Waals surface area contributed by atoms with Crippen LogP contribution in [0.3, 0.4) is 0 Å². The molecule has 8 heteroatoms. The number of carboxylic acid groups (broad SMARTS) is 1. The van der Waals surface area contributed by atoms with Crippen LogP contribution in [0.25, 0.3) is 0 Å². The number of aliphatic carboxylic acids is 1. The Kier molecular flexibility index (Phi) is 4.44. The molecule has 0 aliphatic carbocycles. The van der Waals surface area contributed by atoms with Crippen LogP contribution in [-0.4, -0.2) is 26.0 Å². The molecular weight excluding hydrogens is 298 g/mol. The first-order chi connectivity index (χ1) is 9.99. The zero-order chi connectivity index (χ0) is 15.4. The van der Waals surface area contributed by atoms with Crippen LogP contribution in [-0.2, 0) is 11.2 Å². The minimum absolute atomic E-state index is 0.00743. The number of hydrogen-bond acceptors (Lipinski definition) is 5. The first-order valence-electron chi connectivity index (χ1n) is 5.91. The summed E-state index contributed by atoms with van der Waals surface area (Å²) in [6, 6.07) is 6.86. The molecule has 108 valence electrons. The molecule has 2 aromatic rings. The Morgan fingerprint density at radius 2 is 1.95 bits per heavy atom. The number of carboxylic acids is 1. The van der Waals surface area contributed by atoms with Crippen LogP contribution in [0.5, 0.6) is 0 Å². The van der Waals surface area contributed by atoms with E-state index in [2.05, 4.69) is 9.97 Å². The minimum atomic E-state index is -1.12. The van der Waals surface area contributed by atoms with Gasteiger partial charge in [0.15, 0.2) is 0 Å². The van der Waals surface area contributed by atoms with E-state index >= 15 is 0 Å². The first kappa shape index (κ1) is 14.9. The van der Waals surface area contributed by atoms with Crippen LogP contribution in [0, 0.1) is 10.1 Å². The third-order valence-corrected chi connectivity index (χ3v) is 3.23. The van der Waals surface area contributed by atoms with Gasteiger partial charge in [-0.1, -0.05) is 29.8 Å². The maximum absolute atomic E-state index is 11.4. The van der Waals surface area contributed by atoms with Crippen molar-refractivity contribution in [3.63, 3.8) is 0 Å². The predicted octanol–water partition coefficient (Wildman–Crippen LogP) is 2.45. The molecule has 0 spiro atoms. The second-order valence-electron chi connectivity index (χ2n) is 4.24. The number of carbonyl (C=O) groups is 1. The zero-order valence-corrected chi connectivity index (χ0v) is 11.4. The van der Waals surface area contributed by atoms with E-state index in [-0.39, 0.29) is 17.9 Å². The van der Waals surface area contributed by atoms with Crippen LogP contribution < -0.4 is 0 Å². The summed E-state index contributed by atoms with van der Waals surface area (Å²) < 4.78 is 0. The fourth-order valence-electron chi connectivity index (χ4n) is 1.78. The fourth-order valence-corrected chi connectivity index (χ4v) is 1.99. The van der Waals surface area contributed by atoms with Gasteiger partial charge in [-0.3, -0.25) is 14.9 Å². The molecule has 21 heavy (non-hydrogen) atoms. The Balaban J connectivity index is 2.29. The smallest absolute Gasteiger partial charge is 0.314 e. The van der Waals surface area contributed by atoms with Crippen molar-refractivity contribution >= 4 is 23.3 Å². The maximum atomic E-state index is 11.4. The highest BCUT2D eigenvalue weighted by Gasteiger charge is 2.25. The second kappa shape index (κ2) is 6.27. The molecule has 0 aliphatic heterocycles. The largest absolute Gasteiger partial charge is 0.481 e. The van der Waals surface area contributed by atoms with E-state index in [0.29, 0.717) is 10.6 Å². The Bertz CT molecular complexity index is 675. The van der Waals surface area contributed by atoms with Crippen molar-refractivity contribution in [1.82, 2.24) is 9.97 Å². The number of hydrogen-bond donors (Lipinski definition) is 1. The van der Waals surface area contributed by atoms with Gasteiger partial charge in [-0.15, -0.1) is 0 Å². The summed E-state index contributed by atoms with van der Waals surface area (Å²) in [5.41, 5.74) is 0.356. The van der Waals surface area contributed by atoms with Crippen LogP contribution in [0.4, 0.5) is 5.69 Å². The molecule has 0 radical (unpaired) electrons. The van der Waals surface area contributed by atoms with Crippen molar-refractivity contribution in [3.8, 4) is 0 Å². The number of nitro groups is 1. The molecule has 0 saturated carbocycles. The molecule has 0 bridgehead atoms. The van der Waals surface area contributed by atoms with E-state index < -0.39 is 16.8 Å². The highest BCUT2D eigenvalue weighted by atomic mass is 35.5. The van der Waals surface area contributed by atoms with E-state index in [1.807, 2.05) is 0 Å². The lowest BCUT2D eigenvalue weighted by molar-refractivity contribution is -0.385. The van der Waals surface area contributed by atoms with Gasteiger partial charge in [-0.2, -0.15) is 0 Å². The average molecular weight is 308 g/mol. The van der Waals surface area contributed by atoms with Crippen molar-refractivity contribution in [1.29, 1.82) is 0 Å². The normalized spacial score (nSPS) is 11.9. The van der Waals surface area contributed by atoms with E-state index in [1.165, 1.54) is 0 Å². The predicted molar refractivity (Wildman–Crippen MR) is 74.2 cm³/mol. The first-order valence-corrected chi connectivity index (χ1v) is 6.29. The molecule has 0 saturated heterocycles. The second-order valence-corrected chi connectivity index (χ2v) is 4.65. The summed E-state index contributed by atoms with van der Waals surface area (Å²) in [7, 11) is 0. The Morgan fingerprint density at radius 3 is 2.48 bits per heavy atom. The highest BCUT2D eigenvalue weighted by molar-refractivity contribution is 6.31. The topological polar surface area (TPSA) is 106 Å². The Morgan fingerprint density at radius 1 is 1.33 bits per heavy atom. The van der Waals surface area contributed by atoms with Gasteiger partial charge in [0, 0.05) is 5.02 Å². The molecule has 0 aliphatic rings. The SMILES string of the molecule is O=C(O)C(Cc1ccccc1Cl)c1ncc([N+](=O)[O-])cn1. The standard InChI is InChI=1S/C13H10ClN3O4/c14-11-4-2-1-3-8(11)5-10(13(18)19)12-15-6-9(7-16-12)17(20)21/h1-4,6-7,10H,5H2,(H,18,19). The number of halogens is 1. The van der Waals surface area contributed by atoms with Gasteiger partial charge in [-0.05, 0) is 18.1 Å². The minimum Gasteiger partial charge on any atom is -0.481 e. The van der Waals surface area contributed by atoms with Crippen molar-refractivity contribution in [2.75, 3.05) is 0 Å². The van der Waals surface area contributed by atoms with E-state index in [9.17, 15) is 20.0 Å². The summed E-state index contributed by atoms with van der Waals surface area (Å²) in [4.78, 5) is 28.8. The van der Waals surface area contributed by atoms with Crippen molar-refractivity contribution in [2.24, 2.45) is 0 Å². The van der Waals surface area contributed by atoms with Gasteiger partial charge in [-0.25, -0.2) is 9.97 Å². The van der Waals surface area contributed by atoms with Gasteiger partial charge >= 0.3 is 11.7 Å². The number of benzene rings is 1. The monoisotopic (exact) mass is 307 g/mol. The Labute approximate surface area is 124 Å². The molecule has 1 aromatic heterocycles. The Hall–Kier alpha value is -2.54. The van der Waals surface area contributed by atoms with Crippen LogP contribution in [0.1, 0.15) is 17.3 Å². The van der Waals surface area contributed by atoms with Crippen molar-refractivity contribution in [2.45, 2.75) is 12.3 Å². The zero-order valence-electron chi connectivity index (χ0n) is 10.6. The molecule has 1 N–H and O–H groups in total. The quantitative estimate of drug-likeness (QED) is 0.671. The van der Waals surface area contributed by atoms with E-state index in [0.717, 1.165) is 12.4 Å². The van der Waals surface area contributed by atoms with Crippen LogP contribution >= 0.6 is 11.6 Å². The maximum Gasteiger partial charge on any atom is 0.314 e. The van der Waals surface area contributed by atoms with E-state index in [4.69, 9.17) is 11.6 Å². The number of aromatic nitrogens is 2.